The lowest BCUT2D eigenvalue weighted by molar-refractivity contribution is -0.137. The summed E-state index contributed by atoms with van der Waals surface area (Å²) in [7, 11) is 0. The molecule has 3 rings (SSSR count). The Morgan fingerprint density at radius 2 is 1.69 bits per heavy atom. The summed E-state index contributed by atoms with van der Waals surface area (Å²) in [6.45, 7) is 10.3. The third-order valence-corrected chi connectivity index (χ3v) is 6.46. The van der Waals surface area contributed by atoms with Crippen molar-refractivity contribution in [2.24, 2.45) is 0 Å². The Kier molecular flexibility index (Phi) is 7.59. The minimum absolute atomic E-state index is 0.167. The van der Waals surface area contributed by atoms with E-state index in [0.717, 1.165) is 44.7 Å². The molecule has 29 heavy (non-hydrogen) atoms. The number of likely N-dealkylation sites (tertiary alicyclic amines) is 1. The minimum atomic E-state index is -4.29. The van der Waals surface area contributed by atoms with Crippen molar-refractivity contribution >= 4 is 0 Å². The number of halogens is 3. The number of piperidine rings is 1. The fourth-order valence-corrected chi connectivity index (χ4v) is 4.76. The van der Waals surface area contributed by atoms with Gasteiger partial charge in [-0.1, -0.05) is 12.1 Å². The highest BCUT2D eigenvalue weighted by Crippen LogP contribution is 2.30. The molecule has 0 bridgehead atoms. The third-order valence-electron chi connectivity index (χ3n) is 6.46. The second-order valence-electron chi connectivity index (χ2n) is 8.69. The second-order valence-corrected chi connectivity index (χ2v) is 8.69. The number of benzene rings is 1. The molecule has 4 nitrogen and oxygen atoms in total. The SMILES string of the molecule is CC(C)N1CCC(N2CCN(Cc3ccc(C(F)(F)F)cc3)C[C@H]2CCO)CC1. The molecule has 2 saturated heterocycles. The third kappa shape index (κ3) is 5.94. The van der Waals surface area contributed by atoms with E-state index in [1.165, 1.54) is 25.0 Å². The lowest BCUT2D eigenvalue weighted by Gasteiger charge is -2.48. The van der Waals surface area contributed by atoms with Crippen LogP contribution in [0.2, 0.25) is 0 Å². The van der Waals surface area contributed by atoms with E-state index in [9.17, 15) is 18.3 Å². The predicted molar refractivity (Wildman–Crippen MR) is 109 cm³/mol. The van der Waals surface area contributed by atoms with Gasteiger partial charge >= 0.3 is 6.18 Å². The van der Waals surface area contributed by atoms with E-state index in [2.05, 4.69) is 28.5 Å². The van der Waals surface area contributed by atoms with Gasteiger partial charge in [0.15, 0.2) is 0 Å². The zero-order valence-electron chi connectivity index (χ0n) is 17.5. The van der Waals surface area contributed by atoms with Gasteiger partial charge in [0, 0.05) is 50.9 Å². The average Bonchev–Trinajstić information content (AvgIpc) is 2.68. The molecule has 0 aromatic heterocycles. The highest BCUT2D eigenvalue weighted by Gasteiger charge is 2.34. The van der Waals surface area contributed by atoms with Gasteiger partial charge in [-0.3, -0.25) is 9.80 Å². The summed E-state index contributed by atoms with van der Waals surface area (Å²) in [5.41, 5.74) is 0.302. The van der Waals surface area contributed by atoms with E-state index in [-0.39, 0.29) is 6.61 Å². The summed E-state index contributed by atoms with van der Waals surface area (Å²) < 4.78 is 38.3. The van der Waals surface area contributed by atoms with Crippen molar-refractivity contribution in [2.45, 2.75) is 64.0 Å². The van der Waals surface area contributed by atoms with Crippen LogP contribution in [0.1, 0.15) is 44.2 Å². The Labute approximate surface area is 172 Å². The van der Waals surface area contributed by atoms with Crippen molar-refractivity contribution in [1.29, 1.82) is 0 Å². The van der Waals surface area contributed by atoms with Crippen LogP contribution in [0.25, 0.3) is 0 Å². The quantitative estimate of drug-likeness (QED) is 0.774. The molecule has 2 fully saturated rings. The van der Waals surface area contributed by atoms with Crippen LogP contribution in [0.5, 0.6) is 0 Å². The number of rotatable bonds is 6. The van der Waals surface area contributed by atoms with Crippen LogP contribution in [-0.2, 0) is 12.7 Å². The van der Waals surface area contributed by atoms with Crippen LogP contribution < -0.4 is 0 Å². The van der Waals surface area contributed by atoms with Crippen LogP contribution in [0.3, 0.4) is 0 Å². The van der Waals surface area contributed by atoms with E-state index in [1.54, 1.807) is 12.1 Å². The Bertz CT molecular complexity index is 627. The Balaban J connectivity index is 1.57. The molecule has 0 amide bonds. The molecule has 2 aliphatic heterocycles. The summed E-state index contributed by atoms with van der Waals surface area (Å²) in [5, 5.41) is 9.57. The number of hydrogen-bond donors (Lipinski definition) is 1. The Morgan fingerprint density at radius 3 is 2.24 bits per heavy atom. The maximum absolute atomic E-state index is 12.8. The predicted octanol–water partition coefficient (Wildman–Crippen LogP) is 3.45. The first-order chi connectivity index (χ1) is 13.8. The van der Waals surface area contributed by atoms with Gasteiger partial charge in [-0.05, 0) is 63.9 Å². The summed E-state index contributed by atoms with van der Waals surface area (Å²) in [4.78, 5) is 7.41. The molecule has 0 unspecified atom stereocenters. The number of aliphatic hydroxyl groups is 1. The van der Waals surface area contributed by atoms with E-state index < -0.39 is 11.7 Å². The van der Waals surface area contributed by atoms with Gasteiger partial charge in [-0.2, -0.15) is 13.2 Å². The zero-order chi connectivity index (χ0) is 21.0. The van der Waals surface area contributed by atoms with Crippen LogP contribution in [-0.4, -0.2) is 77.3 Å². The molecule has 1 aromatic carbocycles. The molecule has 0 radical (unpaired) electrons. The van der Waals surface area contributed by atoms with E-state index in [4.69, 9.17) is 0 Å². The molecule has 1 atom stereocenters. The molecular formula is C22H34F3N3O. The molecule has 164 valence electrons. The minimum Gasteiger partial charge on any atom is -0.396 e. The molecule has 0 spiro atoms. The highest BCUT2D eigenvalue weighted by molar-refractivity contribution is 5.24. The van der Waals surface area contributed by atoms with Gasteiger partial charge in [0.25, 0.3) is 0 Å². The monoisotopic (exact) mass is 413 g/mol. The van der Waals surface area contributed by atoms with Crippen molar-refractivity contribution in [2.75, 3.05) is 39.3 Å². The molecule has 2 heterocycles. The first-order valence-corrected chi connectivity index (χ1v) is 10.8. The van der Waals surface area contributed by atoms with Gasteiger partial charge in [0.05, 0.1) is 5.56 Å². The molecule has 0 saturated carbocycles. The number of aliphatic hydroxyl groups excluding tert-OH is 1. The number of alkyl halides is 3. The Hall–Kier alpha value is -1.15. The average molecular weight is 414 g/mol. The number of piperazine rings is 1. The molecule has 1 aromatic rings. The second kappa shape index (κ2) is 9.77. The van der Waals surface area contributed by atoms with Gasteiger partial charge in [0.1, 0.15) is 0 Å². The standard InChI is InChI=1S/C22H34F3N3O/c1-17(2)27-10-7-20(8-11-27)28-13-12-26(16-21(28)9-14-29)15-18-3-5-19(6-4-18)22(23,24)25/h3-6,17,20-21,29H,7-16H2,1-2H3/t21-/m1/s1. The van der Waals surface area contributed by atoms with Crippen LogP contribution in [0.4, 0.5) is 13.2 Å². The van der Waals surface area contributed by atoms with E-state index in [0.29, 0.717) is 24.7 Å². The smallest absolute Gasteiger partial charge is 0.396 e. The van der Waals surface area contributed by atoms with Crippen LogP contribution in [0.15, 0.2) is 24.3 Å². The summed E-state index contributed by atoms with van der Waals surface area (Å²) >= 11 is 0. The van der Waals surface area contributed by atoms with Crippen LogP contribution in [0, 0.1) is 0 Å². The fourth-order valence-electron chi connectivity index (χ4n) is 4.76. The topological polar surface area (TPSA) is 30.0 Å². The van der Waals surface area contributed by atoms with Gasteiger partial charge in [-0.15, -0.1) is 0 Å². The van der Waals surface area contributed by atoms with Crippen molar-refractivity contribution in [3.63, 3.8) is 0 Å². The zero-order valence-corrected chi connectivity index (χ0v) is 17.5. The van der Waals surface area contributed by atoms with Gasteiger partial charge in [0.2, 0.25) is 0 Å². The van der Waals surface area contributed by atoms with E-state index in [1.807, 2.05) is 0 Å². The maximum Gasteiger partial charge on any atom is 0.416 e. The first kappa shape index (κ1) is 22.5. The van der Waals surface area contributed by atoms with Gasteiger partial charge < -0.3 is 10.0 Å². The largest absolute Gasteiger partial charge is 0.416 e. The molecule has 1 N–H and O–H groups in total. The van der Waals surface area contributed by atoms with E-state index >= 15 is 0 Å². The number of hydrogen-bond acceptors (Lipinski definition) is 4. The summed E-state index contributed by atoms with van der Waals surface area (Å²) in [6, 6.07) is 6.95. The van der Waals surface area contributed by atoms with Crippen molar-refractivity contribution < 1.29 is 18.3 Å². The number of nitrogens with zero attached hydrogens (tertiary/aromatic N) is 3. The molecule has 2 aliphatic rings. The Morgan fingerprint density at radius 1 is 1.03 bits per heavy atom. The summed E-state index contributed by atoms with van der Waals surface area (Å²) in [6.07, 6.45) is -1.21. The molecule has 0 aliphatic carbocycles. The lowest BCUT2D eigenvalue weighted by atomic mass is 9.97. The van der Waals surface area contributed by atoms with Crippen molar-refractivity contribution in [3.8, 4) is 0 Å². The first-order valence-electron chi connectivity index (χ1n) is 10.8. The molecular weight excluding hydrogens is 379 g/mol. The highest BCUT2D eigenvalue weighted by atomic mass is 19.4. The fraction of sp³-hybridized carbons (Fsp3) is 0.727. The molecule has 7 heteroatoms. The van der Waals surface area contributed by atoms with Gasteiger partial charge in [-0.25, -0.2) is 0 Å². The van der Waals surface area contributed by atoms with Crippen molar-refractivity contribution in [3.05, 3.63) is 35.4 Å². The van der Waals surface area contributed by atoms with Crippen LogP contribution >= 0.6 is 0 Å². The normalized spacial score (nSPS) is 23.8. The lowest BCUT2D eigenvalue weighted by Crippen LogP contribution is -2.58. The van der Waals surface area contributed by atoms with Crippen molar-refractivity contribution in [1.82, 2.24) is 14.7 Å². The summed E-state index contributed by atoms with van der Waals surface area (Å²) in [5.74, 6) is 0. The maximum atomic E-state index is 12.8.